The Morgan fingerprint density at radius 1 is 1.45 bits per heavy atom. The third-order valence-corrected chi connectivity index (χ3v) is 3.82. The summed E-state index contributed by atoms with van der Waals surface area (Å²) in [6.07, 6.45) is 3.36. The lowest BCUT2D eigenvalue weighted by atomic mass is 9.87. The maximum Gasteiger partial charge on any atom is 0.319 e. The van der Waals surface area contributed by atoms with Gasteiger partial charge < -0.3 is 15.7 Å². The average Bonchev–Trinajstić information content (AvgIpc) is 2.42. The van der Waals surface area contributed by atoms with Crippen molar-refractivity contribution in [3.8, 4) is 0 Å². The van der Waals surface area contributed by atoms with Gasteiger partial charge in [-0.05, 0) is 44.2 Å². The van der Waals surface area contributed by atoms with Crippen LogP contribution in [0.5, 0.6) is 0 Å². The van der Waals surface area contributed by atoms with Crippen molar-refractivity contribution in [3.05, 3.63) is 29.6 Å². The highest BCUT2D eigenvalue weighted by Gasteiger charge is 2.20. The second-order valence-corrected chi connectivity index (χ2v) is 5.43. The first-order chi connectivity index (χ1) is 9.56. The average molecular weight is 280 g/mol. The zero-order valence-corrected chi connectivity index (χ0v) is 11.7. The molecule has 2 atom stereocenters. The number of urea groups is 1. The Labute approximate surface area is 118 Å². The normalized spacial score (nSPS) is 22.4. The zero-order chi connectivity index (χ0) is 14.5. The summed E-state index contributed by atoms with van der Waals surface area (Å²) >= 11 is 0. The number of amides is 2. The van der Waals surface area contributed by atoms with Gasteiger partial charge in [0, 0.05) is 17.8 Å². The summed E-state index contributed by atoms with van der Waals surface area (Å²) in [4.78, 5) is 11.8. The van der Waals surface area contributed by atoms with Crippen LogP contribution in [0, 0.1) is 18.7 Å². The van der Waals surface area contributed by atoms with Crippen molar-refractivity contribution in [1.29, 1.82) is 0 Å². The van der Waals surface area contributed by atoms with E-state index in [2.05, 4.69) is 10.6 Å². The van der Waals surface area contributed by atoms with Crippen molar-refractivity contribution < 1.29 is 14.3 Å². The van der Waals surface area contributed by atoms with Crippen LogP contribution in [-0.2, 0) is 0 Å². The Balaban J connectivity index is 1.82. The van der Waals surface area contributed by atoms with E-state index in [-0.39, 0.29) is 18.0 Å². The molecule has 1 saturated carbocycles. The van der Waals surface area contributed by atoms with E-state index in [1.807, 2.05) is 0 Å². The number of carbonyl (C=O) groups excluding carboxylic acids is 1. The molecule has 20 heavy (non-hydrogen) atoms. The molecule has 0 saturated heterocycles. The lowest BCUT2D eigenvalue weighted by Gasteiger charge is -2.25. The van der Waals surface area contributed by atoms with E-state index in [0.717, 1.165) is 25.7 Å². The highest BCUT2D eigenvalue weighted by atomic mass is 19.1. The van der Waals surface area contributed by atoms with Crippen LogP contribution in [-0.4, -0.2) is 23.8 Å². The standard InChI is InChI=1S/C15H21FN2O2/c1-10-13(16)6-3-7-14(10)18-15(20)17-9-11-4-2-5-12(19)8-11/h3,6-7,11-12,19H,2,4-5,8-9H2,1H3,(H2,17,18,20). The maximum atomic E-state index is 13.3. The number of carbonyl (C=O) groups is 1. The summed E-state index contributed by atoms with van der Waals surface area (Å²) < 4.78 is 13.3. The van der Waals surface area contributed by atoms with Crippen LogP contribution in [0.15, 0.2) is 18.2 Å². The summed E-state index contributed by atoms with van der Waals surface area (Å²) in [6.45, 7) is 2.17. The summed E-state index contributed by atoms with van der Waals surface area (Å²) in [5, 5.41) is 15.0. The van der Waals surface area contributed by atoms with Gasteiger partial charge >= 0.3 is 6.03 Å². The van der Waals surface area contributed by atoms with Gasteiger partial charge in [-0.1, -0.05) is 12.5 Å². The third kappa shape index (κ3) is 3.93. The number of hydrogen-bond donors (Lipinski definition) is 3. The van der Waals surface area contributed by atoms with Gasteiger partial charge in [-0.15, -0.1) is 0 Å². The lowest BCUT2D eigenvalue weighted by molar-refractivity contribution is 0.101. The van der Waals surface area contributed by atoms with Crippen molar-refractivity contribution in [1.82, 2.24) is 5.32 Å². The van der Waals surface area contributed by atoms with Crippen molar-refractivity contribution in [2.45, 2.75) is 38.7 Å². The van der Waals surface area contributed by atoms with Crippen molar-refractivity contribution in [2.75, 3.05) is 11.9 Å². The quantitative estimate of drug-likeness (QED) is 0.797. The SMILES string of the molecule is Cc1c(F)cccc1NC(=O)NCC1CCCC(O)C1. The first kappa shape index (κ1) is 14.8. The second kappa shape index (κ2) is 6.70. The largest absolute Gasteiger partial charge is 0.393 e. The molecule has 0 spiro atoms. The summed E-state index contributed by atoms with van der Waals surface area (Å²) in [5.41, 5.74) is 0.905. The predicted octanol–water partition coefficient (Wildman–Crippen LogP) is 2.81. The molecule has 1 aromatic rings. The molecule has 0 heterocycles. The van der Waals surface area contributed by atoms with Crippen molar-refractivity contribution >= 4 is 11.7 Å². The summed E-state index contributed by atoms with van der Waals surface area (Å²) in [6, 6.07) is 4.26. The Hall–Kier alpha value is -1.62. The molecule has 0 aliphatic heterocycles. The van der Waals surface area contributed by atoms with Gasteiger partial charge in [0.15, 0.2) is 0 Å². The summed E-state index contributed by atoms with van der Waals surface area (Å²) in [7, 11) is 0. The number of hydrogen-bond acceptors (Lipinski definition) is 2. The summed E-state index contributed by atoms with van der Waals surface area (Å²) in [5.74, 6) is -0.0173. The Morgan fingerprint density at radius 3 is 3.00 bits per heavy atom. The van der Waals surface area contributed by atoms with Crippen LogP contribution >= 0.6 is 0 Å². The molecule has 5 heteroatoms. The number of rotatable bonds is 3. The molecular formula is C15H21FN2O2. The van der Waals surface area contributed by atoms with E-state index >= 15 is 0 Å². The molecule has 2 amide bonds. The van der Waals surface area contributed by atoms with Crippen LogP contribution in [0.2, 0.25) is 0 Å². The molecule has 0 radical (unpaired) electrons. The molecule has 2 rings (SSSR count). The number of nitrogens with one attached hydrogen (secondary N) is 2. The van der Waals surface area contributed by atoms with Crippen LogP contribution in [0.1, 0.15) is 31.2 Å². The van der Waals surface area contributed by atoms with Gasteiger partial charge in [0.2, 0.25) is 0 Å². The van der Waals surface area contributed by atoms with Crippen molar-refractivity contribution in [2.24, 2.45) is 5.92 Å². The van der Waals surface area contributed by atoms with E-state index in [1.165, 1.54) is 6.07 Å². The molecular weight excluding hydrogens is 259 g/mol. The molecule has 3 N–H and O–H groups in total. The lowest BCUT2D eigenvalue weighted by Crippen LogP contribution is -2.35. The predicted molar refractivity (Wildman–Crippen MR) is 76.1 cm³/mol. The fourth-order valence-electron chi connectivity index (χ4n) is 2.59. The maximum absolute atomic E-state index is 13.3. The molecule has 1 fully saturated rings. The van der Waals surface area contributed by atoms with Crippen LogP contribution in [0.3, 0.4) is 0 Å². The van der Waals surface area contributed by atoms with Crippen LogP contribution in [0.25, 0.3) is 0 Å². The Kier molecular flexibility index (Phi) is 4.95. The molecule has 1 aliphatic rings. The van der Waals surface area contributed by atoms with E-state index in [0.29, 0.717) is 23.7 Å². The highest BCUT2D eigenvalue weighted by molar-refractivity contribution is 5.90. The monoisotopic (exact) mass is 280 g/mol. The topological polar surface area (TPSA) is 61.4 Å². The first-order valence-corrected chi connectivity index (χ1v) is 7.04. The van der Waals surface area contributed by atoms with Gasteiger partial charge in [0.05, 0.1) is 6.10 Å². The number of aliphatic hydroxyl groups is 1. The molecule has 0 bridgehead atoms. The first-order valence-electron chi connectivity index (χ1n) is 7.04. The van der Waals surface area contributed by atoms with E-state index in [1.54, 1.807) is 19.1 Å². The minimum absolute atomic E-state index is 0.246. The number of halogens is 1. The number of aliphatic hydroxyl groups excluding tert-OH is 1. The molecule has 110 valence electrons. The molecule has 1 aliphatic carbocycles. The van der Waals surface area contributed by atoms with Crippen molar-refractivity contribution in [3.63, 3.8) is 0 Å². The van der Waals surface area contributed by atoms with E-state index < -0.39 is 0 Å². The smallest absolute Gasteiger partial charge is 0.319 e. The highest BCUT2D eigenvalue weighted by Crippen LogP contribution is 2.23. The van der Waals surface area contributed by atoms with Crippen LogP contribution in [0.4, 0.5) is 14.9 Å². The third-order valence-electron chi connectivity index (χ3n) is 3.82. The van der Waals surface area contributed by atoms with E-state index in [4.69, 9.17) is 0 Å². The fraction of sp³-hybridized carbons (Fsp3) is 0.533. The Bertz CT molecular complexity index is 479. The Morgan fingerprint density at radius 2 is 2.25 bits per heavy atom. The van der Waals surface area contributed by atoms with Gasteiger partial charge in [-0.2, -0.15) is 0 Å². The van der Waals surface area contributed by atoms with Gasteiger partial charge in [0.1, 0.15) is 5.82 Å². The number of anilines is 1. The minimum Gasteiger partial charge on any atom is -0.393 e. The molecule has 0 aromatic heterocycles. The number of benzene rings is 1. The molecule has 4 nitrogen and oxygen atoms in total. The van der Waals surface area contributed by atoms with Gasteiger partial charge in [0.25, 0.3) is 0 Å². The van der Waals surface area contributed by atoms with Crippen LogP contribution < -0.4 is 10.6 Å². The van der Waals surface area contributed by atoms with E-state index in [9.17, 15) is 14.3 Å². The fourth-order valence-corrected chi connectivity index (χ4v) is 2.59. The molecule has 2 unspecified atom stereocenters. The van der Waals surface area contributed by atoms with Gasteiger partial charge in [-0.3, -0.25) is 0 Å². The zero-order valence-electron chi connectivity index (χ0n) is 11.7. The minimum atomic E-state index is -0.335. The molecule has 1 aromatic carbocycles. The second-order valence-electron chi connectivity index (χ2n) is 5.43. The van der Waals surface area contributed by atoms with Gasteiger partial charge in [-0.25, -0.2) is 9.18 Å².